The van der Waals surface area contributed by atoms with Gasteiger partial charge in [-0.3, -0.25) is 0 Å². The van der Waals surface area contributed by atoms with Crippen LogP contribution < -0.4 is 4.74 Å². The average molecular weight is 285 g/mol. The summed E-state index contributed by atoms with van der Waals surface area (Å²) in [5, 5.41) is 18.8. The number of aliphatic hydroxyl groups excluding tert-OH is 1. The molecule has 0 bridgehead atoms. The van der Waals surface area contributed by atoms with Crippen molar-refractivity contribution in [3.8, 4) is 11.8 Å². The summed E-state index contributed by atoms with van der Waals surface area (Å²) in [6, 6.07) is 16.6. The molecule has 1 atom stereocenters. The highest BCUT2D eigenvalue weighted by Gasteiger charge is 2.08. The molecule has 102 valence electrons. The van der Waals surface area contributed by atoms with E-state index >= 15 is 0 Å². The summed E-state index contributed by atoms with van der Waals surface area (Å²) >= 11 is 1.67. The lowest BCUT2D eigenvalue weighted by atomic mass is 10.1. The molecule has 0 radical (unpaired) electrons. The van der Waals surface area contributed by atoms with Crippen molar-refractivity contribution in [3.63, 3.8) is 0 Å². The van der Waals surface area contributed by atoms with E-state index in [9.17, 15) is 5.11 Å². The van der Waals surface area contributed by atoms with Gasteiger partial charge in [0.1, 0.15) is 18.5 Å². The Bertz CT molecular complexity index is 587. The van der Waals surface area contributed by atoms with Gasteiger partial charge in [-0.2, -0.15) is 5.26 Å². The normalized spacial score (nSPS) is 11.7. The largest absolute Gasteiger partial charge is 0.491 e. The first-order chi connectivity index (χ1) is 9.72. The minimum Gasteiger partial charge on any atom is -0.491 e. The Labute approximate surface area is 122 Å². The van der Waals surface area contributed by atoms with Crippen LogP contribution in [0.15, 0.2) is 53.4 Å². The van der Waals surface area contributed by atoms with Crippen LogP contribution in [0.5, 0.6) is 5.75 Å². The maximum absolute atomic E-state index is 10.0. The lowest BCUT2D eigenvalue weighted by molar-refractivity contribution is 0.108. The maximum atomic E-state index is 10.0. The highest BCUT2D eigenvalue weighted by Crippen LogP contribution is 2.20. The number of hydrogen-bond acceptors (Lipinski definition) is 4. The number of thioether (sulfide) groups is 1. The van der Waals surface area contributed by atoms with Crippen LogP contribution in [-0.2, 0) is 0 Å². The van der Waals surface area contributed by atoms with E-state index in [0.717, 1.165) is 11.3 Å². The molecule has 20 heavy (non-hydrogen) atoms. The lowest BCUT2D eigenvalue weighted by Gasteiger charge is -2.13. The van der Waals surface area contributed by atoms with Crippen molar-refractivity contribution in [1.29, 1.82) is 5.26 Å². The molecule has 0 aliphatic heterocycles. The van der Waals surface area contributed by atoms with Gasteiger partial charge in [-0.15, -0.1) is 11.8 Å². The highest BCUT2D eigenvalue weighted by molar-refractivity contribution is 7.98. The summed E-state index contributed by atoms with van der Waals surface area (Å²) in [6.07, 6.45) is 1.31. The molecule has 0 saturated carbocycles. The van der Waals surface area contributed by atoms with Gasteiger partial charge < -0.3 is 9.84 Å². The molecule has 3 nitrogen and oxygen atoms in total. The zero-order valence-corrected chi connectivity index (χ0v) is 11.9. The predicted octanol–water partition coefficient (Wildman–Crippen LogP) is 3.39. The van der Waals surface area contributed by atoms with Crippen molar-refractivity contribution < 1.29 is 9.84 Å². The van der Waals surface area contributed by atoms with E-state index in [2.05, 4.69) is 0 Å². The van der Waals surface area contributed by atoms with Crippen molar-refractivity contribution in [2.75, 3.05) is 12.9 Å². The van der Waals surface area contributed by atoms with Crippen LogP contribution >= 0.6 is 11.8 Å². The second-order valence-corrected chi connectivity index (χ2v) is 5.12. The van der Waals surface area contributed by atoms with Crippen LogP contribution in [-0.4, -0.2) is 18.0 Å². The third-order valence-electron chi connectivity index (χ3n) is 2.89. The molecular formula is C16H15NO2S. The number of hydrogen-bond donors (Lipinski definition) is 1. The third-order valence-corrected chi connectivity index (χ3v) is 3.64. The summed E-state index contributed by atoms with van der Waals surface area (Å²) in [5.41, 5.74) is 1.32. The predicted molar refractivity (Wildman–Crippen MR) is 79.8 cm³/mol. The minimum atomic E-state index is -0.706. The van der Waals surface area contributed by atoms with Crippen molar-refractivity contribution >= 4 is 11.8 Å². The summed E-state index contributed by atoms with van der Waals surface area (Å²) < 4.78 is 5.55. The number of ether oxygens (including phenoxy) is 1. The van der Waals surface area contributed by atoms with E-state index in [1.54, 1.807) is 36.0 Å². The van der Waals surface area contributed by atoms with E-state index in [4.69, 9.17) is 10.00 Å². The average Bonchev–Trinajstić information content (AvgIpc) is 2.53. The SMILES string of the molecule is CSc1ccc(OCC(O)c2ccc(C#N)cc2)cc1. The van der Waals surface area contributed by atoms with Gasteiger partial charge in [-0.25, -0.2) is 0 Å². The Morgan fingerprint density at radius 3 is 2.35 bits per heavy atom. The second kappa shape index (κ2) is 6.99. The number of nitriles is 1. The smallest absolute Gasteiger partial charge is 0.119 e. The molecule has 2 aromatic rings. The second-order valence-electron chi connectivity index (χ2n) is 4.24. The zero-order chi connectivity index (χ0) is 14.4. The van der Waals surface area contributed by atoms with Crippen LogP contribution in [0.25, 0.3) is 0 Å². The fraction of sp³-hybridized carbons (Fsp3) is 0.188. The third kappa shape index (κ3) is 3.77. The molecule has 1 N–H and O–H groups in total. The Balaban J connectivity index is 1.93. The molecule has 4 heteroatoms. The topological polar surface area (TPSA) is 53.2 Å². The molecule has 0 aliphatic rings. The summed E-state index contributed by atoms with van der Waals surface area (Å²) in [7, 11) is 0. The highest BCUT2D eigenvalue weighted by atomic mass is 32.2. The van der Waals surface area contributed by atoms with Crippen molar-refractivity contribution in [1.82, 2.24) is 0 Å². The Hall–Kier alpha value is -1.96. The van der Waals surface area contributed by atoms with E-state index < -0.39 is 6.10 Å². The van der Waals surface area contributed by atoms with Crippen molar-refractivity contribution in [3.05, 3.63) is 59.7 Å². The molecule has 0 spiro atoms. The first-order valence-corrected chi connectivity index (χ1v) is 7.40. The fourth-order valence-electron chi connectivity index (χ4n) is 1.72. The summed E-state index contributed by atoms with van der Waals surface area (Å²) in [6.45, 7) is 0.185. The molecule has 2 rings (SSSR count). The molecule has 0 heterocycles. The van der Waals surface area contributed by atoms with E-state index in [0.29, 0.717) is 5.56 Å². The van der Waals surface area contributed by atoms with Gasteiger partial charge in [-0.05, 0) is 48.2 Å². The molecular weight excluding hydrogens is 270 g/mol. The fourth-order valence-corrected chi connectivity index (χ4v) is 2.13. The first-order valence-electron chi connectivity index (χ1n) is 6.18. The number of nitrogens with zero attached hydrogens (tertiary/aromatic N) is 1. The molecule has 0 aliphatic carbocycles. The molecule has 1 unspecified atom stereocenters. The Kier molecular flexibility index (Phi) is 5.05. The number of rotatable bonds is 5. The standard InChI is InChI=1S/C16H15NO2S/c1-20-15-8-6-14(7-9-15)19-11-16(18)13-4-2-12(10-17)3-5-13/h2-9,16,18H,11H2,1H3. The van der Waals surface area contributed by atoms with Crippen LogP contribution in [0, 0.1) is 11.3 Å². The quantitative estimate of drug-likeness (QED) is 0.856. The zero-order valence-electron chi connectivity index (χ0n) is 11.1. The van der Waals surface area contributed by atoms with Crippen LogP contribution in [0.4, 0.5) is 0 Å². The van der Waals surface area contributed by atoms with Crippen LogP contribution in [0.1, 0.15) is 17.2 Å². The maximum Gasteiger partial charge on any atom is 0.119 e. The van der Waals surface area contributed by atoms with Gasteiger partial charge in [0.25, 0.3) is 0 Å². The molecule has 0 saturated heterocycles. The number of benzene rings is 2. The number of aliphatic hydroxyl groups is 1. The summed E-state index contributed by atoms with van der Waals surface area (Å²) in [4.78, 5) is 1.17. The lowest BCUT2D eigenvalue weighted by Crippen LogP contribution is -2.09. The first kappa shape index (κ1) is 14.4. The minimum absolute atomic E-state index is 0.185. The van der Waals surface area contributed by atoms with Gasteiger partial charge >= 0.3 is 0 Å². The van der Waals surface area contributed by atoms with Gasteiger partial charge in [0.2, 0.25) is 0 Å². The van der Waals surface area contributed by atoms with Crippen molar-refractivity contribution in [2.45, 2.75) is 11.0 Å². The Morgan fingerprint density at radius 2 is 1.80 bits per heavy atom. The van der Waals surface area contributed by atoms with Gasteiger partial charge in [0, 0.05) is 4.90 Å². The van der Waals surface area contributed by atoms with Gasteiger partial charge in [0.05, 0.1) is 11.6 Å². The van der Waals surface area contributed by atoms with Crippen LogP contribution in [0.3, 0.4) is 0 Å². The van der Waals surface area contributed by atoms with Gasteiger partial charge in [-0.1, -0.05) is 12.1 Å². The van der Waals surface area contributed by atoms with E-state index in [-0.39, 0.29) is 6.61 Å². The van der Waals surface area contributed by atoms with Gasteiger partial charge in [0.15, 0.2) is 0 Å². The van der Waals surface area contributed by atoms with E-state index in [1.807, 2.05) is 36.6 Å². The molecule has 0 amide bonds. The van der Waals surface area contributed by atoms with Crippen LogP contribution in [0.2, 0.25) is 0 Å². The van der Waals surface area contributed by atoms with E-state index in [1.165, 1.54) is 4.90 Å². The molecule has 0 aromatic heterocycles. The Morgan fingerprint density at radius 1 is 1.15 bits per heavy atom. The summed E-state index contributed by atoms with van der Waals surface area (Å²) in [5.74, 6) is 0.732. The molecule has 0 fully saturated rings. The molecule has 2 aromatic carbocycles. The van der Waals surface area contributed by atoms with Crippen molar-refractivity contribution in [2.24, 2.45) is 0 Å². The monoisotopic (exact) mass is 285 g/mol.